The lowest BCUT2D eigenvalue weighted by molar-refractivity contribution is 0.0916. The topological polar surface area (TPSA) is 26.3 Å². The highest BCUT2D eigenvalue weighted by Gasteiger charge is 2.14. The van der Waals surface area contributed by atoms with Gasteiger partial charge in [0.25, 0.3) is 0 Å². The van der Waals surface area contributed by atoms with Gasteiger partial charge in [0, 0.05) is 0 Å². The van der Waals surface area contributed by atoms with Gasteiger partial charge in [-0.05, 0) is 42.2 Å². The zero-order chi connectivity index (χ0) is 15.4. The van der Waals surface area contributed by atoms with Crippen molar-refractivity contribution in [2.45, 2.75) is 26.7 Å². The number of ether oxygens (including phenoxy) is 1. The average molecular weight is 286 g/mol. The lowest BCUT2D eigenvalue weighted by Gasteiger charge is -2.14. The number of halogens is 1. The molecule has 3 heteroatoms. The summed E-state index contributed by atoms with van der Waals surface area (Å²) in [6, 6.07) is 11.9. The van der Waals surface area contributed by atoms with Crippen molar-refractivity contribution in [1.82, 2.24) is 0 Å². The van der Waals surface area contributed by atoms with Crippen molar-refractivity contribution in [2.75, 3.05) is 6.61 Å². The average Bonchev–Trinajstić information content (AvgIpc) is 2.45. The lowest BCUT2D eigenvalue weighted by atomic mass is 10.0. The quantitative estimate of drug-likeness (QED) is 0.755. The third kappa shape index (κ3) is 3.69. The number of hydrogen-bond donors (Lipinski definition) is 0. The predicted octanol–water partition coefficient (Wildman–Crippen LogP) is 4.52. The van der Waals surface area contributed by atoms with Crippen LogP contribution >= 0.6 is 0 Å². The van der Waals surface area contributed by atoms with E-state index in [4.69, 9.17) is 4.74 Å². The van der Waals surface area contributed by atoms with Crippen LogP contribution in [0.1, 0.15) is 41.3 Å². The van der Waals surface area contributed by atoms with Crippen LogP contribution in [0.4, 0.5) is 4.39 Å². The lowest BCUT2D eigenvalue weighted by Crippen LogP contribution is -2.14. The number of carbonyl (C=O) groups excluding carboxylic acids is 1. The van der Waals surface area contributed by atoms with Crippen LogP contribution in [-0.2, 0) is 0 Å². The molecule has 0 atom stereocenters. The minimum atomic E-state index is -0.514. The zero-order valence-electron chi connectivity index (χ0n) is 12.5. The first-order chi connectivity index (χ1) is 9.99. The first-order valence-corrected chi connectivity index (χ1v) is 7.00. The summed E-state index contributed by atoms with van der Waals surface area (Å²) in [6.07, 6.45) is 0. The number of hydrogen-bond acceptors (Lipinski definition) is 2. The van der Waals surface area contributed by atoms with Gasteiger partial charge in [-0.2, -0.15) is 0 Å². The standard InChI is InChI=1S/C18H19FO2/c1-12(2)14-9-8-13(3)10-18(14)21-11-17(20)15-6-4-5-7-16(15)19/h4-10,12H,11H2,1-3H3. The second-order valence-corrected chi connectivity index (χ2v) is 5.39. The largest absolute Gasteiger partial charge is 0.485 e. The molecule has 0 radical (unpaired) electrons. The fraction of sp³-hybridized carbons (Fsp3) is 0.278. The summed E-state index contributed by atoms with van der Waals surface area (Å²) < 4.78 is 19.2. The summed E-state index contributed by atoms with van der Waals surface area (Å²) in [4.78, 5) is 12.0. The van der Waals surface area contributed by atoms with Crippen molar-refractivity contribution in [3.05, 3.63) is 65.0 Å². The van der Waals surface area contributed by atoms with Gasteiger partial charge in [-0.15, -0.1) is 0 Å². The van der Waals surface area contributed by atoms with Crippen molar-refractivity contribution in [1.29, 1.82) is 0 Å². The minimum absolute atomic E-state index is 0.0660. The molecule has 0 spiro atoms. The van der Waals surface area contributed by atoms with E-state index >= 15 is 0 Å². The van der Waals surface area contributed by atoms with E-state index in [9.17, 15) is 9.18 Å². The Hall–Kier alpha value is -2.16. The van der Waals surface area contributed by atoms with E-state index in [1.165, 1.54) is 12.1 Å². The SMILES string of the molecule is Cc1ccc(C(C)C)c(OCC(=O)c2ccccc2F)c1. The van der Waals surface area contributed by atoms with Gasteiger partial charge in [0.2, 0.25) is 5.78 Å². The molecule has 0 amide bonds. The van der Waals surface area contributed by atoms with E-state index in [0.717, 1.165) is 11.1 Å². The van der Waals surface area contributed by atoms with Crippen LogP contribution in [-0.4, -0.2) is 12.4 Å². The molecular weight excluding hydrogens is 267 g/mol. The molecule has 0 aliphatic heterocycles. The van der Waals surface area contributed by atoms with Crippen LogP contribution in [0.15, 0.2) is 42.5 Å². The Morgan fingerprint density at radius 2 is 1.90 bits per heavy atom. The molecule has 0 aliphatic carbocycles. The second-order valence-electron chi connectivity index (χ2n) is 5.39. The van der Waals surface area contributed by atoms with E-state index in [1.807, 2.05) is 25.1 Å². The molecule has 0 bridgehead atoms. The molecule has 0 fully saturated rings. The molecule has 2 nitrogen and oxygen atoms in total. The molecule has 110 valence electrons. The van der Waals surface area contributed by atoms with Crippen molar-refractivity contribution in [3.63, 3.8) is 0 Å². The third-order valence-corrected chi connectivity index (χ3v) is 3.32. The van der Waals surface area contributed by atoms with Gasteiger partial charge in [0.15, 0.2) is 6.61 Å². The van der Waals surface area contributed by atoms with E-state index in [2.05, 4.69) is 13.8 Å². The van der Waals surface area contributed by atoms with Gasteiger partial charge in [0.05, 0.1) is 5.56 Å². The monoisotopic (exact) mass is 286 g/mol. The summed E-state index contributed by atoms with van der Waals surface area (Å²) in [6.45, 7) is 5.94. The maximum atomic E-state index is 13.6. The van der Waals surface area contributed by atoms with Gasteiger partial charge in [-0.25, -0.2) is 4.39 Å². The highest BCUT2D eigenvalue weighted by molar-refractivity contribution is 5.97. The molecule has 0 saturated heterocycles. The number of carbonyl (C=O) groups is 1. The molecule has 21 heavy (non-hydrogen) atoms. The van der Waals surface area contributed by atoms with E-state index in [-0.39, 0.29) is 18.0 Å². The molecule has 2 rings (SSSR count). The highest BCUT2D eigenvalue weighted by Crippen LogP contribution is 2.27. The number of aryl methyl sites for hydroxylation is 1. The zero-order valence-corrected chi connectivity index (χ0v) is 12.5. The summed E-state index contributed by atoms with van der Waals surface area (Å²) in [5, 5.41) is 0. The maximum Gasteiger partial charge on any atom is 0.203 e. The van der Waals surface area contributed by atoms with Crippen molar-refractivity contribution in [2.24, 2.45) is 0 Å². The first kappa shape index (κ1) is 15.2. The number of benzene rings is 2. The van der Waals surface area contributed by atoms with Crippen LogP contribution in [0, 0.1) is 12.7 Å². The summed E-state index contributed by atoms with van der Waals surface area (Å²) in [7, 11) is 0. The summed E-state index contributed by atoms with van der Waals surface area (Å²) in [5.74, 6) is 0.114. The first-order valence-electron chi connectivity index (χ1n) is 7.00. The molecule has 2 aromatic rings. The Labute approximate surface area is 124 Å². The Balaban J connectivity index is 2.15. The van der Waals surface area contributed by atoms with Crippen molar-refractivity contribution < 1.29 is 13.9 Å². The van der Waals surface area contributed by atoms with Gasteiger partial charge in [-0.1, -0.05) is 38.1 Å². The third-order valence-electron chi connectivity index (χ3n) is 3.32. The van der Waals surface area contributed by atoms with E-state index in [1.54, 1.807) is 12.1 Å². The molecule has 0 saturated carbocycles. The molecule has 0 unspecified atom stereocenters. The van der Waals surface area contributed by atoms with Gasteiger partial charge >= 0.3 is 0 Å². The smallest absolute Gasteiger partial charge is 0.203 e. The number of rotatable bonds is 5. The Morgan fingerprint density at radius 3 is 2.57 bits per heavy atom. The normalized spacial score (nSPS) is 10.7. The number of Topliss-reactive ketones (excluding diaryl/α,β-unsaturated/α-hetero) is 1. The van der Waals surface area contributed by atoms with Gasteiger partial charge in [0.1, 0.15) is 11.6 Å². The molecule has 0 heterocycles. The van der Waals surface area contributed by atoms with Crippen LogP contribution in [0.3, 0.4) is 0 Å². The minimum Gasteiger partial charge on any atom is -0.485 e. The van der Waals surface area contributed by atoms with Crippen LogP contribution in [0.25, 0.3) is 0 Å². The molecule has 2 aromatic carbocycles. The van der Waals surface area contributed by atoms with Crippen LogP contribution in [0.5, 0.6) is 5.75 Å². The van der Waals surface area contributed by atoms with Gasteiger partial charge in [-0.3, -0.25) is 4.79 Å². The van der Waals surface area contributed by atoms with Crippen LogP contribution < -0.4 is 4.74 Å². The fourth-order valence-electron chi connectivity index (χ4n) is 2.15. The van der Waals surface area contributed by atoms with Gasteiger partial charge < -0.3 is 4.74 Å². The van der Waals surface area contributed by atoms with E-state index in [0.29, 0.717) is 11.7 Å². The summed E-state index contributed by atoms with van der Waals surface area (Å²) >= 11 is 0. The summed E-state index contributed by atoms with van der Waals surface area (Å²) in [5.41, 5.74) is 2.17. The predicted molar refractivity (Wildman–Crippen MR) is 81.5 cm³/mol. The van der Waals surface area contributed by atoms with Crippen molar-refractivity contribution >= 4 is 5.78 Å². The Bertz CT molecular complexity index is 647. The van der Waals surface area contributed by atoms with E-state index < -0.39 is 5.82 Å². The van der Waals surface area contributed by atoms with Crippen LogP contribution in [0.2, 0.25) is 0 Å². The molecule has 0 aliphatic rings. The Morgan fingerprint density at radius 1 is 1.19 bits per heavy atom. The number of ketones is 1. The second kappa shape index (κ2) is 6.53. The molecule has 0 N–H and O–H groups in total. The highest BCUT2D eigenvalue weighted by atomic mass is 19.1. The Kier molecular flexibility index (Phi) is 4.73. The van der Waals surface area contributed by atoms with Crippen molar-refractivity contribution in [3.8, 4) is 5.75 Å². The molecular formula is C18H19FO2. The fourth-order valence-corrected chi connectivity index (χ4v) is 2.15. The maximum absolute atomic E-state index is 13.6. The molecule has 0 aromatic heterocycles.